The fourth-order valence-electron chi connectivity index (χ4n) is 3.22. The number of hydrogen-bond donors (Lipinski definition) is 0. The summed E-state index contributed by atoms with van der Waals surface area (Å²) in [6, 6.07) is 4.45. The van der Waals surface area contributed by atoms with Crippen molar-refractivity contribution in [1.29, 1.82) is 0 Å². The van der Waals surface area contributed by atoms with Gasteiger partial charge in [0, 0.05) is 24.2 Å². The Bertz CT molecular complexity index is 778. The molecule has 1 saturated heterocycles. The molecule has 6 heteroatoms. The van der Waals surface area contributed by atoms with Crippen LogP contribution in [0.25, 0.3) is 5.65 Å². The minimum Gasteiger partial charge on any atom is -0.289 e. The molecule has 1 fully saturated rings. The van der Waals surface area contributed by atoms with Gasteiger partial charge >= 0.3 is 0 Å². The lowest BCUT2D eigenvalue weighted by atomic mass is 9.99. The molecule has 5 nitrogen and oxygen atoms in total. The third-order valence-electron chi connectivity index (χ3n) is 4.27. The summed E-state index contributed by atoms with van der Waals surface area (Å²) in [4.78, 5) is 11.9. The summed E-state index contributed by atoms with van der Waals surface area (Å²) in [5.41, 5.74) is 3.26. The van der Waals surface area contributed by atoms with E-state index in [1.54, 1.807) is 17.5 Å². The summed E-state index contributed by atoms with van der Waals surface area (Å²) in [5.74, 6) is 0. The highest BCUT2D eigenvalue weighted by molar-refractivity contribution is 7.09. The Labute approximate surface area is 133 Å². The van der Waals surface area contributed by atoms with Gasteiger partial charge in [0.05, 0.1) is 28.6 Å². The van der Waals surface area contributed by atoms with Crippen LogP contribution in [0, 0.1) is 6.92 Å². The van der Waals surface area contributed by atoms with Gasteiger partial charge in [-0.2, -0.15) is 5.10 Å². The molecule has 22 heavy (non-hydrogen) atoms. The highest BCUT2D eigenvalue weighted by Crippen LogP contribution is 2.31. The lowest BCUT2D eigenvalue weighted by Gasteiger charge is -2.34. The molecular formula is C16H19N5S. The molecule has 0 bridgehead atoms. The van der Waals surface area contributed by atoms with E-state index >= 15 is 0 Å². The quantitative estimate of drug-likeness (QED) is 0.745. The van der Waals surface area contributed by atoms with Gasteiger partial charge in [-0.1, -0.05) is 6.42 Å². The van der Waals surface area contributed by atoms with Crippen molar-refractivity contribution in [1.82, 2.24) is 24.5 Å². The minimum absolute atomic E-state index is 0.385. The van der Waals surface area contributed by atoms with Crippen molar-refractivity contribution >= 4 is 17.0 Å². The lowest BCUT2D eigenvalue weighted by molar-refractivity contribution is 0.136. The van der Waals surface area contributed by atoms with Gasteiger partial charge in [-0.05, 0) is 32.4 Å². The van der Waals surface area contributed by atoms with Crippen molar-refractivity contribution in [2.75, 3.05) is 6.54 Å². The Morgan fingerprint density at radius 1 is 1.27 bits per heavy atom. The van der Waals surface area contributed by atoms with E-state index in [9.17, 15) is 0 Å². The molecule has 3 aromatic rings. The number of rotatable bonds is 3. The van der Waals surface area contributed by atoms with Gasteiger partial charge in [0.1, 0.15) is 0 Å². The second-order valence-corrected chi connectivity index (χ2v) is 6.89. The van der Waals surface area contributed by atoms with Crippen LogP contribution in [0.4, 0.5) is 0 Å². The van der Waals surface area contributed by atoms with E-state index in [0.717, 1.165) is 29.4 Å². The van der Waals surface area contributed by atoms with Crippen LogP contribution in [0.15, 0.2) is 29.9 Å². The fraction of sp³-hybridized carbons (Fsp3) is 0.438. The van der Waals surface area contributed by atoms with Gasteiger partial charge in [0.15, 0.2) is 5.65 Å². The average Bonchev–Trinajstić information content (AvgIpc) is 3.16. The maximum absolute atomic E-state index is 4.80. The van der Waals surface area contributed by atoms with Gasteiger partial charge in [-0.25, -0.2) is 14.5 Å². The molecule has 4 heterocycles. The van der Waals surface area contributed by atoms with Crippen LogP contribution in [0.3, 0.4) is 0 Å². The first-order valence-electron chi connectivity index (χ1n) is 7.75. The van der Waals surface area contributed by atoms with Gasteiger partial charge in [0.2, 0.25) is 0 Å². The highest BCUT2D eigenvalue weighted by Gasteiger charge is 2.25. The topological polar surface area (TPSA) is 46.3 Å². The second-order valence-electron chi connectivity index (χ2n) is 5.83. The van der Waals surface area contributed by atoms with E-state index in [-0.39, 0.29) is 0 Å². The number of aromatic nitrogens is 4. The van der Waals surface area contributed by atoms with Crippen molar-refractivity contribution in [3.63, 3.8) is 0 Å². The number of aryl methyl sites for hydroxylation is 1. The maximum atomic E-state index is 4.80. The molecule has 0 saturated carbocycles. The number of thiazole rings is 1. The lowest BCUT2D eigenvalue weighted by Crippen LogP contribution is -2.33. The van der Waals surface area contributed by atoms with Crippen LogP contribution in [0.5, 0.6) is 0 Å². The SMILES string of the molecule is Cc1nc(CN2CCCC[C@H]2c2ccn3nccc3n2)cs1. The summed E-state index contributed by atoms with van der Waals surface area (Å²) >= 11 is 1.73. The molecular weight excluding hydrogens is 294 g/mol. The van der Waals surface area contributed by atoms with E-state index in [1.165, 1.54) is 25.0 Å². The summed E-state index contributed by atoms with van der Waals surface area (Å²) in [7, 11) is 0. The summed E-state index contributed by atoms with van der Waals surface area (Å²) in [5, 5.41) is 7.54. The van der Waals surface area contributed by atoms with Gasteiger partial charge < -0.3 is 0 Å². The molecule has 0 N–H and O–H groups in total. The van der Waals surface area contributed by atoms with E-state index in [1.807, 2.05) is 16.8 Å². The first-order valence-corrected chi connectivity index (χ1v) is 8.63. The van der Waals surface area contributed by atoms with Crippen LogP contribution >= 0.6 is 11.3 Å². The van der Waals surface area contributed by atoms with E-state index in [2.05, 4.69) is 33.4 Å². The van der Waals surface area contributed by atoms with Crippen molar-refractivity contribution in [3.8, 4) is 0 Å². The highest BCUT2D eigenvalue weighted by atomic mass is 32.1. The molecule has 0 amide bonds. The number of piperidine rings is 1. The molecule has 0 aromatic carbocycles. The van der Waals surface area contributed by atoms with Gasteiger partial charge in [-0.3, -0.25) is 4.90 Å². The summed E-state index contributed by atoms with van der Waals surface area (Å²) in [6.45, 7) is 4.10. The summed E-state index contributed by atoms with van der Waals surface area (Å²) in [6.07, 6.45) is 7.50. The molecule has 1 aliphatic heterocycles. The van der Waals surface area contributed by atoms with Crippen molar-refractivity contribution in [2.24, 2.45) is 0 Å². The van der Waals surface area contributed by atoms with Crippen LogP contribution in [0.1, 0.15) is 41.7 Å². The molecule has 0 aliphatic carbocycles. The molecule has 1 aliphatic rings. The Morgan fingerprint density at radius 3 is 3.09 bits per heavy atom. The number of hydrogen-bond acceptors (Lipinski definition) is 5. The van der Waals surface area contributed by atoms with Gasteiger partial charge in [-0.15, -0.1) is 11.3 Å². The third-order valence-corrected chi connectivity index (χ3v) is 5.09. The molecule has 0 radical (unpaired) electrons. The second kappa shape index (κ2) is 5.78. The van der Waals surface area contributed by atoms with Crippen LogP contribution in [-0.2, 0) is 6.54 Å². The molecule has 0 spiro atoms. The van der Waals surface area contributed by atoms with E-state index in [4.69, 9.17) is 4.98 Å². The Kier molecular flexibility index (Phi) is 3.63. The largest absolute Gasteiger partial charge is 0.289 e. The van der Waals surface area contributed by atoms with Crippen LogP contribution < -0.4 is 0 Å². The molecule has 4 rings (SSSR count). The predicted molar refractivity (Wildman–Crippen MR) is 86.8 cm³/mol. The Balaban J connectivity index is 1.61. The third kappa shape index (κ3) is 2.64. The molecule has 1 atom stereocenters. The minimum atomic E-state index is 0.385. The summed E-state index contributed by atoms with van der Waals surface area (Å²) < 4.78 is 1.82. The standard InChI is InChI=1S/C16H19N5S/c1-12-18-13(11-22-12)10-20-8-3-2-4-15(20)14-6-9-21-16(19-14)5-7-17-21/h5-7,9,11,15H,2-4,8,10H2,1H3/t15-/m0/s1. The van der Waals surface area contributed by atoms with Crippen LogP contribution in [0.2, 0.25) is 0 Å². The fourth-order valence-corrected chi connectivity index (χ4v) is 3.82. The molecule has 3 aromatic heterocycles. The predicted octanol–water partition coefficient (Wildman–Crippen LogP) is 3.22. The molecule has 114 valence electrons. The zero-order valence-electron chi connectivity index (χ0n) is 12.6. The number of nitrogens with zero attached hydrogens (tertiary/aromatic N) is 5. The maximum Gasteiger partial charge on any atom is 0.155 e. The van der Waals surface area contributed by atoms with E-state index < -0.39 is 0 Å². The zero-order valence-corrected chi connectivity index (χ0v) is 13.5. The Morgan fingerprint density at radius 2 is 2.23 bits per heavy atom. The number of fused-ring (bicyclic) bond motifs is 1. The first-order chi connectivity index (χ1) is 10.8. The smallest absolute Gasteiger partial charge is 0.155 e. The number of likely N-dealkylation sites (tertiary alicyclic amines) is 1. The Hall–Kier alpha value is -1.79. The van der Waals surface area contributed by atoms with Crippen molar-refractivity contribution < 1.29 is 0 Å². The normalized spacial score (nSPS) is 19.8. The zero-order chi connectivity index (χ0) is 14.9. The van der Waals surface area contributed by atoms with E-state index in [0.29, 0.717) is 6.04 Å². The monoisotopic (exact) mass is 313 g/mol. The van der Waals surface area contributed by atoms with Crippen molar-refractivity contribution in [2.45, 2.75) is 38.8 Å². The average molecular weight is 313 g/mol. The van der Waals surface area contributed by atoms with Crippen LogP contribution in [-0.4, -0.2) is 31.0 Å². The van der Waals surface area contributed by atoms with Gasteiger partial charge in [0.25, 0.3) is 0 Å². The molecule has 0 unspecified atom stereocenters. The van der Waals surface area contributed by atoms with Crippen molar-refractivity contribution in [3.05, 3.63) is 46.3 Å². The first kappa shape index (κ1) is 13.8.